The fourth-order valence-electron chi connectivity index (χ4n) is 5.68. The lowest BCUT2D eigenvalue weighted by Gasteiger charge is -2.27. The van der Waals surface area contributed by atoms with Gasteiger partial charge in [0.2, 0.25) is 11.8 Å². The molecule has 5 heterocycles. The molecule has 0 aliphatic carbocycles. The quantitative estimate of drug-likeness (QED) is 0.446. The molecule has 234 valence electrons. The summed E-state index contributed by atoms with van der Waals surface area (Å²) in [7, 11) is 1.68. The number of hydrogen-bond donors (Lipinski definition) is 2. The Morgan fingerprint density at radius 1 is 1.14 bits per heavy atom. The first-order chi connectivity index (χ1) is 21.2. The van der Waals surface area contributed by atoms with E-state index in [2.05, 4.69) is 30.6 Å². The van der Waals surface area contributed by atoms with Crippen LogP contribution in [0.2, 0.25) is 0 Å². The third-order valence-corrected chi connectivity index (χ3v) is 8.02. The Morgan fingerprint density at radius 3 is 2.75 bits per heavy atom. The lowest BCUT2D eigenvalue weighted by atomic mass is 10.0. The molecule has 3 aliphatic heterocycles. The Bertz CT molecular complexity index is 1550. The maximum atomic E-state index is 14.4. The molecule has 1 aromatic carbocycles. The van der Waals surface area contributed by atoms with E-state index in [1.807, 2.05) is 12.1 Å². The van der Waals surface area contributed by atoms with E-state index in [1.54, 1.807) is 38.4 Å². The van der Waals surface area contributed by atoms with Crippen LogP contribution in [0.4, 0.5) is 30.2 Å². The van der Waals surface area contributed by atoms with Crippen molar-refractivity contribution < 1.29 is 27.4 Å². The summed E-state index contributed by atoms with van der Waals surface area (Å²) < 4.78 is 55.9. The molecule has 3 aliphatic rings. The molecule has 0 spiro atoms. The number of ether oxygens (including phenoxy) is 2. The fraction of sp³-hybridized carbons (Fsp3) is 0.467. The maximum Gasteiger partial charge on any atom is 0.393 e. The molecule has 2 N–H and O–H groups in total. The van der Waals surface area contributed by atoms with E-state index in [-0.39, 0.29) is 31.0 Å². The summed E-state index contributed by atoms with van der Waals surface area (Å²) in [5, 5.41) is 10.8. The normalized spacial score (nSPS) is 20.7. The van der Waals surface area contributed by atoms with Crippen molar-refractivity contribution in [2.75, 3.05) is 68.1 Å². The predicted octanol–water partition coefficient (Wildman–Crippen LogP) is 4.31. The summed E-state index contributed by atoms with van der Waals surface area (Å²) in [5.74, 6) is -1.87. The van der Waals surface area contributed by atoms with Crippen molar-refractivity contribution in [1.29, 1.82) is 0 Å². The van der Waals surface area contributed by atoms with E-state index < -0.39 is 24.5 Å². The topological polar surface area (TPSA) is 109 Å². The van der Waals surface area contributed by atoms with Crippen molar-refractivity contribution in [3.63, 3.8) is 0 Å². The molecule has 1 unspecified atom stereocenters. The van der Waals surface area contributed by atoms with Crippen LogP contribution < -0.4 is 20.3 Å². The van der Waals surface area contributed by atoms with Gasteiger partial charge in [0.15, 0.2) is 0 Å². The lowest BCUT2D eigenvalue weighted by molar-refractivity contribution is -0.173. The number of aryl methyl sites for hydroxylation is 2. The number of nitrogens with one attached hydrogen (secondary N) is 2. The van der Waals surface area contributed by atoms with Gasteiger partial charge in [-0.25, -0.2) is 4.68 Å². The molecule has 44 heavy (non-hydrogen) atoms. The van der Waals surface area contributed by atoms with Crippen molar-refractivity contribution in [3.05, 3.63) is 47.8 Å². The standard InChI is InChI=1S/C30H35F3N8O3/c1-19-14-20-15-24(36-19)23-17-35-39(2)28(23)44-11-3-4-21(30(31,32)33)18-41-26-6-5-22(16-25(26)37-29(41)38-27(20)42)34-7-8-40-9-12-43-13-10-40/h5-6,14-17,21,34H,3-4,7-13,18H2,1-2H3,(H,37,38,42). The minimum Gasteiger partial charge on any atom is -0.477 e. The van der Waals surface area contributed by atoms with Crippen molar-refractivity contribution in [2.45, 2.75) is 25.9 Å². The summed E-state index contributed by atoms with van der Waals surface area (Å²) in [4.78, 5) is 26.2. The highest BCUT2D eigenvalue weighted by molar-refractivity contribution is 6.19. The lowest BCUT2D eigenvalue weighted by Crippen LogP contribution is -2.40. The second kappa shape index (κ2) is 12.4. The molecule has 0 saturated carbocycles. The van der Waals surface area contributed by atoms with Crippen LogP contribution in [0, 0.1) is 12.8 Å². The molecule has 1 saturated heterocycles. The zero-order chi connectivity index (χ0) is 30.8. The highest BCUT2D eigenvalue weighted by Gasteiger charge is 2.42. The smallest absolute Gasteiger partial charge is 0.393 e. The average Bonchev–Trinajstić information content (AvgIpc) is 3.52. The van der Waals surface area contributed by atoms with E-state index in [4.69, 9.17) is 9.47 Å². The Balaban J connectivity index is 1.32. The summed E-state index contributed by atoms with van der Waals surface area (Å²) in [6, 6.07) is 8.63. The second-order valence-electron chi connectivity index (χ2n) is 11.2. The molecule has 3 aromatic rings. The number of benzene rings is 1. The number of carbonyl (C=O) groups excluding carboxylic acids is 1. The van der Waals surface area contributed by atoms with E-state index in [0.717, 1.165) is 38.5 Å². The molecule has 0 radical (unpaired) electrons. The molecule has 14 heteroatoms. The van der Waals surface area contributed by atoms with Crippen molar-refractivity contribution >= 4 is 28.9 Å². The van der Waals surface area contributed by atoms with Crippen molar-refractivity contribution in [2.24, 2.45) is 18.0 Å². The minimum absolute atomic E-state index is 0.0499. The molecule has 1 amide bonds. The number of rotatable bonds is 4. The number of hydrogen-bond acceptors (Lipinski definition) is 9. The predicted molar refractivity (Wildman–Crippen MR) is 160 cm³/mol. The molecular formula is C30H35F3N8O3. The van der Waals surface area contributed by atoms with Crippen LogP contribution in [-0.2, 0) is 11.8 Å². The van der Waals surface area contributed by atoms with Crippen LogP contribution in [-0.4, -0.2) is 90.3 Å². The number of amides is 1. The number of fused-ring (bicyclic) bond motifs is 7. The number of carbonyl (C=O) groups is 1. The first-order valence-electron chi connectivity index (χ1n) is 14.7. The van der Waals surface area contributed by atoms with E-state index in [1.165, 1.54) is 9.58 Å². The van der Waals surface area contributed by atoms with E-state index in [0.29, 0.717) is 40.8 Å². The zero-order valence-electron chi connectivity index (χ0n) is 24.7. The largest absolute Gasteiger partial charge is 0.477 e. The number of alkyl halides is 3. The van der Waals surface area contributed by atoms with Gasteiger partial charge in [0, 0.05) is 56.7 Å². The Hall–Kier alpha value is -4.17. The van der Waals surface area contributed by atoms with Gasteiger partial charge in [-0.2, -0.15) is 23.3 Å². The minimum atomic E-state index is -4.47. The number of aliphatic imine (C=N–C) groups is 1. The highest BCUT2D eigenvalue weighted by atomic mass is 19.4. The molecule has 2 aromatic heterocycles. The third-order valence-electron chi connectivity index (χ3n) is 8.02. The third kappa shape index (κ3) is 6.50. The van der Waals surface area contributed by atoms with Gasteiger partial charge in [-0.1, -0.05) is 0 Å². The molecule has 2 bridgehead atoms. The van der Waals surface area contributed by atoms with E-state index >= 15 is 0 Å². The Morgan fingerprint density at radius 2 is 1.95 bits per heavy atom. The zero-order valence-corrected chi connectivity index (χ0v) is 24.7. The Kier molecular flexibility index (Phi) is 8.45. The number of aromatic nitrogens is 3. The first-order valence-corrected chi connectivity index (χ1v) is 14.7. The van der Waals surface area contributed by atoms with Crippen LogP contribution in [0.5, 0.6) is 5.88 Å². The molecule has 11 nitrogen and oxygen atoms in total. The summed E-state index contributed by atoms with van der Waals surface area (Å²) in [5.41, 5.74) is 3.74. The fourth-order valence-corrected chi connectivity index (χ4v) is 5.68. The summed E-state index contributed by atoms with van der Waals surface area (Å²) in [6.45, 7) is 6.15. The van der Waals surface area contributed by atoms with Crippen molar-refractivity contribution in [3.8, 4) is 17.1 Å². The number of guanidine groups is 1. The number of halogens is 3. The molecule has 1 atom stereocenters. The number of pyridine rings is 1. The summed E-state index contributed by atoms with van der Waals surface area (Å²) >= 11 is 0. The molecule has 1 fully saturated rings. The number of nitrogens with zero attached hydrogens (tertiary/aromatic N) is 6. The SMILES string of the molecule is Cc1cc2cc(n1)-c1cnn(C)c1OCCCC(C(F)(F)F)CN1/C(=N/C2=O)Nc2cc(NCCN3CCOCC3)ccc21. The van der Waals surface area contributed by atoms with Crippen LogP contribution in [0.15, 0.2) is 41.5 Å². The van der Waals surface area contributed by atoms with Gasteiger partial charge in [0.1, 0.15) is 0 Å². The van der Waals surface area contributed by atoms with Gasteiger partial charge in [0.05, 0.1) is 54.6 Å². The number of anilines is 3. The van der Waals surface area contributed by atoms with Gasteiger partial charge < -0.3 is 25.0 Å². The van der Waals surface area contributed by atoms with E-state index in [9.17, 15) is 18.0 Å². The van der Waals surface area contributed by atoms with Crippen LogP contribution in [0.3, 0.4) is 0 Å². The summed E-state index contributed by atoms with van der Waals surface area (Å²) in [6.07, 6.45) is -2.92. The molecular weight excluding hydrogens is 577 g/mol. The van der Waals surface area contributed by atoms with Gasteiger partial charge >= 0.3 is 6.18 Å². The van der Waals surface area contributed by atoms with Crippen LogP contribution in [0.25, 0.3) is 11.3 Å². The Labute approximate surface area is 253 Å². The van der Waals surface area contributed by atoms with Gasteiger partial charge in [-0.3, -0.25) is 14.7 Å². The first kappa shape index (κ1) is 29.9. The van der Waals surface area contributed by atoms with Crippen molar-refractivity contribution in [1.82, 2.24) is 19.7 Å². The van der Waals surface area contributed by atoms with Crippen LogP contribution >= 0.6 is 0 Å². The highest BCUT2D eigenvalue weighted by Crippen LogP contribution is 2.39. The average molecular weight is 613 g/mol. The monoisotopic (exact) mass is 612 g/mol. The van der Waals surface area contributed by atoms with Gasteiger partial charge in [-0.15, -0.1) is 0 Å². The van der Waals surface area contributed by atoms with Crippen LogP contribution in [0.1, 0.15) is 28.9 Å². The second-order valence-corrected chi connectivity index (χ2v) is 11.2. The maximum absolute atomic E-state index is 14.4. The molecule has 6 rings (SSSR count). The van der Waals surface area contributed by atoms with Gasteiger partial charge in [-0.05, 0) is 50.1 Å². The van der Waals surface area contributed by atoms with Gasteiger partial charge in [0.25, 0.3) is 5.91 Å². The number of morpholine rings is 1.